The molecule has 9 heteroatoms. The Bertz CT molecular complexity index is 1450. The van der Waals surface area contributed by atoms with E-state index in [4.69, 9.17) is 9.97 Å². The molecule has 1 aromatic carbocycles. The maximum Gasteiger partial charge on any atom is 0.225 e. The van der Waals surface area contributed by atoms with Crippen LogP contribution in [0.15, 0.2) is 42.7 Å². The third kappa shape index (κ3) is 4.53. The Hall–Kier alpha value is -3.56. The molecule has 0 radical (unpaired) electrons. The number of para-hydroxylation sites is 1. The van der Waals surface area contributed by atoms with Gasteiger partial charge in [0.1, 0.15) is 5.75 Å². The first kappa shape index (κ1) is 24.5. The summed E-state index contributed by atoms with van der Waals surface area (Å²) in [4.78, 5) is 18.2. The van der Waals surface area contributed by atoms with Crippen LogP contribution in [-0.2, 0) is 6.42 Å². The average molecular weight is 525 g/mol. The van der Waals surface area contributed by atoms with Gasteiger partial charge in [-0.25, -0.2) is 9.97 Å². The molecular weight excluding hydrogens is 488 g/mol. The maximum absolute atomic E-state index is 10.4. The van der Waals surface area contributed by atoms with E-state index < -0.39 is 0 Å². The molecule has 39 heavy (non-hydrogen) atoms. The van der Waals surface area contributed by atoms with Gasteiger partial charge in [-0.15, -0.1) is 10.2 Å². The normalized spacial score (nSPS) is 21.4. The van der Waals surface area contributed by atoms with Crippen LogP contribution in [-0.4, -0.2) is 73.9 Å². The molecular formula is C30H36N8O. The van der Waals surface area contributed by atoms with Gasteiger partial charge in [-0.05, 0) is 88.5 Å². The third-order valence-electron chi connectivity index (χ3n) is 9.09. The summed E-state index contributed by atoms with van der Waals surface area (Å²) in [7, 11) is 0. The summed E-state index contributed by atoms with van der Waals surface area (Å²) in [5, 5.41) is 23.7. The monoisotopic (exact) mass is 524 g/mol. The van der Waals surface area contributed by atoms with Crippen LogP contribution in [0.2, 0.25) is 0 Å². The lowest BCUT2D eigenvalue weighted by molar-refractivity contribution is 0.127. The van der Waals surface area contributed by atoms with Crippen molar-refractivity contribution in [1.29, 1.82) is 0 Å². The van der Waals surface area contributed by atoms with Gasteiger partial charge in [-0.1, -0.05) is 12.1 Å². The first-order valence-electron chi connectivity index (χ1n) is 14.4. The second-order valence-corrected chi connectivity index (χ2v) is 11.3. The molecule has 6 heterocycles. The van der Waals surface area contributed by atoms with Crippen LogP contribution in [0.4, 0.5) is 5.95 Å². The van der Waals surface area contributed by atoms with Gasteiger partial charge in [-0.2, -0.15) is 0 Å². The van der Waals surface area contributed by atoms with E-state index in [-0.39, 0.29) is 11.8 Å². The highest BCUT2D eigenvalue weighted by Crippen LogP contribution is 2.38. The molecule has 0 bridgehead atoms. The summed E-state index contributed by atoms with van der Waals surface area (Å²) in [6.07, 6.45) is 9.91. The number of hydrogen-bond donors (Lipinski definition) is 3. The van der Waals surface area contributed by atoms with Gasteiger partial charge in [-0.3, -0.25) is 0 Å². The highest BCUT2D eigenvalue weighted by molar-refractivity contribution is 5.86. The number of anilines is 1. The molecule has 3 aromatic heterocycles. The zero-order chi connectivity index (χ0) is 26.3. The quantitative estimate of drug-likeness (QED) is 0.365. The number of H-pyrrole nitrogens is 1. The van der Waals surface area contributed by atoms with Crippen LogP contribution in [0.25, 0.3) is 22.3 Å². The van der Waals surface area contributed by atoms with E-state index in [2.05, 4.69) is 49.6 Å². The van der Waals surface area contributed by atoms with E-state index >= 15 is 0 Å². The number of phenols is 1. The van der Waals surface area contributed by atoms with E-state index in [1.165, 1.54) is 55.6 Å². The fourth-order valence-corrected chi connectivity index (χ4v) is 6.87. The summed E-state index contributed by atoms with van der Waals surface area (Å²) in [6.45, 7) is 7.71. The fraction of sp³-hybridized carbons (Fsp3) is 0.467. The Labute approximate surface area is 228 Å². The van der Waals surface area contributed by atoms with Crippen molar-refractivity contribution in [2.45, 2.75) is 57.0 Å². The van der Waals surface area contributed by atoms with Crippen molar-refractivity contribution in [3.63, 3.8) is 0 Å². The number of aromatic amines is 1. The molecule has 0 amide bonds. The van der Waals surface area contributed by atoms with Gasteiger partial charge < -0.3 is 25.2 Å². The lowest BCUT2D eigenvalue weighted by Crippen LogP contribution is -2.46. The number of likely N-dealkylation sites (tertiary alicyclic amines) is 1. The lowest BCUT2D eigenvalue weighted by atomic mass is 9.89. The van der Waals surface area contributed by atoms with Gasteiger partial charge >= 0.3 is 0 Å². The number of hydrogen-bond acceptors (Lipinski definition) is 8. The van der Waals surface area contributed by atoms with Gasteiger partial charge in [0.15, 0.2) is 5.65 Å². The van der Waals surface area contributed by atoms with Crippen molar-refractivity contribution in [3.8, 4) is 17.0 Å². The number of fused-ring (bicyclic) bond motifs is 3. The Kier molecular flexibility index (Phi) is 6.40. The smallest absolute Gasteiger partial charge is 0.225 e. The van der Waals surface area contributed by atoms with Crippen LogP contribution >= 0.6 is 0 Å². The zero-order valence-electron chi connectivity index (χ0n) is 22.5. The number of benzene rings is 1. The van der Waals surface area contributed by atoms with Crippen molar-refractivity contribution >= 4 is 17.0 Å². The molecule has 3 N–H and O–H groups in total. The Morgan fingerprint density at radius 3 is 2.49 bits per heavy atom. The molecule has 0 aliphatic carbocycles. The molecule has 202 valence electrons. The summed E-state index contributed by atoms with van der Waals surface area (Å²) < 4.78 is 0. The number of nitrogens with one attached hydrogen (secondary N) is 2. The number of phenolic OH excluding ortho intramolecular Hbond substituents is 1. The topological polar surface area (TPSA) is 106 Å². The Balaban J connectivity index is 1.09. The molecule has 7 rings (SSSR count). The van der Waals surface area contributed by atoms with E-state index in [0.717, 1.165) is 49.1 Å². The van der Waals surface area contributed by atoms with E-state index in [1.54, 1.807) is 6.07 Å². The van der Waals surface area contributed by atoms with Gasteiger partial charge in [0, 0.05) is 53.6 Å². The predicted octanol–water partition coefficient (Wildman–Crippen LogP) is 4.18. The molecule has 3 aliphatic heterocycles. The average Bonchev–Trinajstić information content (AvgIpc) is 3.37. The van der Waals surface area contributed by atoms with Gasteiger partial charge in [0.2, 0.25) is 5.95 Å². The second kappa shape index (κ2) is 10.2. The van der Waals surface area contributed by atoms with E-state index in [0.29, 0.717) is 17.2 Å². The number of aromatic hydroxyl groups is 1. The zero-order valence-corrected chi connectivity index (χ0v) is 22.5. The van der Waals surface area contributed by atoms with Crippen LogP contribution in [0.3, 0.4) is 0 Å². The largest absolute Gasteiger partial charge is 0.507 e. The molecule has 9 nitrogen and oxygen atoms in total. The summed E-state index contributed by atoms with van der Waals surface area (Å²) in [5.74, 6) is 1.53. The highest BCUT2D eigenvalue weighted by Gasteiger charge is 2.31. The molecule has 2 saturated heterocycles. The molecule has 0 unspecified atom stereocenters. The minimum absolute atomic E-state index is 0.0861. The van der Waals surface area contributed by atoms with Crippen molar-refractivity contribution in [2.75, 3.05) is 37.6 Å². The van der Waals surface area contributed by atoms with Crippen LogP contribution in [0.5, 0.6) is 5.75 Å². The first-order valence-corrected chi connectivity index (χ1v) is 14.4. The Morgan fingerprint density at radius 1 is 0.949 bits per heavy atom. The van der Waals surface area contributed by atoms with Crippen molar-refractivity contribution in [3.05, 3.63) is 59.5 Å². The highest BCUT2D eigenvalue weighted by atomic mass is 16.3. The van der Waals surface area contributed by atoms with E-state index in [1.807, 2.05) is 24.3 Å². The van der Waals surface area contributed by atoms with Gasteiger partial charge in [0.05, 0.1) is 11.7 Å². The predicted molar refractivity (Wildman–Crippen MR) is 152 cm³/mol. The minimum atomic E-state index is 0.0861. The molecule has 2 fully saturated rings. The number of nitrogens with zero attached hydrogens (tertiary/aromatic N) is 6. The van der Waals surface area contributed by atoms with Crippen LogP contribution < -0.4 is 10.2 Å². The van der Waals surface area contributed by atoms with Crippen molar-refractivity contribution < 1.29 is 5.11 Å². The SMILES string of the molecule is C[C@H]1c2c([nH]c3nnc(-c4ccccc4O)cc23)CCN1c1ncc(C2CCN(C3CCNCC3)CC2)cn1. The van der Waals surface area contributed by atoms with Gasteiger partial charge in [0.25, 0.3) is 0 Å². The molecule has 0 spiro atoms. The molecule has 0 saturated carbocycles. The van der Waals surface area contributed by atoms with E-state index in [9.17, 15) is 5.11 Å². The van der Waals surface area contributed by atoms with Crippen molar-refractivity contribution in [1.82, 2.24) is 35.4 Å². The number of piperidine rings is 2. The lowest BCUT2D eigenvalue weighted by Gasteiger charge is -2.39. The molecule has 4 aromatic rings. The number of rotatable bonds is 4. The van der Waals surface area contributed by atoms with Crippen LogP contribution in [0.1, 0.15) is 61.4 Å². The fourth-order valence-electron chi connectivity index (χ4n) is 6.87. The first-order chi connectivity index (χ1) is 19.2. The van der Waals surface area contributed by atoms with Crippen molar-refractivity contribution in [2.24, 2.45) is 0 Å². The maximum atomic E-state index is 10.4. The van der Waals surface area contributed by atoms with Crippen LogP contribution in [0, 0.1) is 0 Å². The molecule has 3 aliphatic rings. The number of aromatic nitrogens is 5. The summed E-state index contributed by atoms with van der Waals surface area (Å²) in [5.41, 5.74) is 5.79. The summed E-state index contributed by atoms with van der Waals surface area (Å²) in [6, 6.07) is 10.1. The molecule has 1 atom stereocenters. The third-order valence-corrected chi connectivity index (χ3v) is 9.09. The standard InChI is InChI=1S/C30H36N8O/c1-19-28-24-16-26(23-4-2-3-5-27(23)39)35-36-29(24)34-25(28)10-15-38(19)30-32-17-21(18-33-30)20-8-13-37(14-9-20)22-6-11-31-12-7-22/h2-5,16-20,22,31,39H,6-15H2,1H3,(H,34,36)/t19-/m0/s1. The Morgan fingerprint density at radius 2 is 1.72 bits per heavy atom. The second-order valence-electron chi connectivity index (χ2n) is 11.3. The summed E-state index contributed by atoms with van der Waals surface area (Å²) >= 11 is 0. The minimum Gasteiger partial charge on any atom is -0.507 e.